The van der Waals surface area contributed by atoms with Gasteiger partial charge in [0.1, 0.15) is 17.9 Å². The van der Waals surface area contributed by atoms with Crippen LogP contribution in [0.1, 0.15) is 56.1 Å². The zero-order chi connectivity index (χ0) is 21.9. The highest BCUT2D eigenvalue weighted by molar-refractivity contribution is 6.14. The molecule has 4 atom stereocenters. The second kappa shape index (κ2) is 7.15. The topological polar surface area (TPSA) is 123 Å². The van der Waals surface area contributed by atoms with Gasteiger partial charge in [-0.25, -0.2) is 0 Å². The van der Waals surface area contributed by atoms with Crippen molar-refractivity contribution in [1.82, 2.24) is 4.90 Å². The van der Waals surface area contributed by atoms with Gasteiger partial charge in [-0.3, -0.25) is 19.3 Å². The molecule has 31 heavy (non-hydrogen) atoms. The summed E-state index contributed by atoms with van der Waals surface area (Å²) in [5.41, 5.74) is 1.09. The lowest BCUT2D eigenvalue weighted by Gasteiger charge is -2.32. The molecule has 3 fully saturated rings. The van der Waals surface area contributed by atoms with Crippen LogP contribution in [0.5, 0.6) is 0 Å². The third kappa shape index (κ3) is 2.84. The zero-order valence-corrected chi connectivity index (χ0v) is 17.6. The smallest absolute Gasteiger partial charge is 0.291 e. The summed E-state index contributed by atoms with van der Waals surface area (Å²) in [5.74, 6) is -3.54. The first-order valence-electron chi connectivity index (χ1n) is 11.2. The summed E-state index contributed by atoms with van der Waals surface area (Å²) in [7, 11) is 0. The minimum Gasteiger partial charge on any atom is -0.550 e. The number of carboxylic acid groups (broad SMARTS) is 1. The highest BCUT2D eigenvalue weighted by Gasteiger charge is 2.74. The van der Waals surface area contributed by atoms with Crippen LogP contribution in [-0.4, -0.2) is 40.7 Å². The number of carbonyl (C=O) groups is 4. The lowest BCUT2D eigenvalue weighted by Crippen LogP contribution is -2.99. The molecule has 5 rings (SSSR count). The molecule has 3 amide bonds. The van der Waals surface area contributed by atoms with E-state index in [1.54, 1.807) is 5.32 Å². The average Bonchev–Trinajstić information content (AvgIpc) is 3.32. The molecule has 3 aliphatic heterocycles. The van der Waals surface area contributed by atoms with Gasteiger partial charge in [-0.2, -0.15) is 0 Å². The molecule has 1 aromatic carbocycles. The van der Waals surface area contributed by atoms with Gasteiger partial charge in [0.25, 0.3) is 5.91 Å². The fourth-order valence-corrected chi connectivity index (χ4v) is 6.35. The van der Waals surface area contributed by atoms with Crippen LogP contribution in [0.4, 0.5) is 5.69 Å². The number of aliphatic carboxylic acids is 1. The molecule has 3 N–H and O–H groups in total. The molecule has 3 heterocycles. The summed E-state index contributed by atoms with van der Waals surface area (Å²) in [6, 6.07) is 5.04. The number of fused-ring (bicyclic) bond motifs is 4. The SMILES string of the molecule is Cc1ccc2c(c1)[C@@]1([NH2+][C@@H](CCC(=O)[O-])[C@H]3C(=O)N(C4CCCCC4)C(=O)[C@H]31)C(=O)N2. The van der Waals surface area contributed by atoms with Crippen LogP contribution in [0.3, 0.4) is 0 Å². The molecule has 0 bridgehead atoms. The van der Waals surface area contributed by atoms with Crippen molar-refractivity contribution in [2.45, 2.75) is 69.5 Å². The number of nitrogens with two attached hydrogens (primary N) is 1. The van der Waals surface area contributed by atoms with E-state index >= 15 is 0 Å². The third-order valence-electron chi connectivity index (χ3n) is 7.68. The Hall–Kier alpha value is -2.74. The first kappa shape index (κ1) is 20.2. The normalized spacial score (nSPS) is 32.5. The first-order valence-corrected chi connectivity index (χ1v) is 11.2. The lowest BCUT2D eigenvalue weighted by atomic mass is 9.76. The summed E-state index contributed by atoms with van der Waals surface area (Å²) < 4.78 is 0. The number of nitrogens with zero attached hydrogens (tertiary/aromatic N) is 1. The van der Waals surface area contributed by atoms with Crippen molar-refractivity contribution >= 4 is 29.4 Å². The van der Waals surface area contributed by atoms with Crippen LogP contribution >= 0.6 is 0 Å². The first-order chi connectivity index (χ1) is 14.8. The van der Waals surface area contributed by atoms with E-state index in [-0.39, 0.29) is 36.6 Å². The van der Waals surface area contributed by atoms with Gasteiger partial charge in [0.2, 0.25) is 17.4 Å². The third-order valence-corrected chi connectivity index (χ3v) is 7.68. The number of carboxylic acids is 1. The van der Waals surface area contributed by atoms with Crippen molar-refractivity contribution in [3.63, 3.8) is 0 Å². The van der Waals surface area contributed by atoms with Crippen molar-refractivity contribution < 1.29 is 29.6 Å². The summed E-state index contributed by atoms with van der Waals surface area (Å²) in [4.78, 5) is 53.3. The van der Waals surface area contributed by atoms with Gasteiger partial charge in [0.15, 0.2) is 0 Å². The van der Waals surface area contributed by atoms with E-state index in [2.05, 4.69) is 5.32 Å². The van der Waals surface area contributed by atoms with Crippen LogP contribution in [-0.2, 0) is 24.7 Å². The van der Waals surface area contributed by atoms with E-state index in [0.29, 0.717) is 5.69 Å². The van der Waals surface area contributed by atoms with Crippen molar-refractivity contribution in [2.75, 3.05) is 5.32 Å². The number of quaternary nitrogens is 1. The molecule has 0 aromatic heterocycles. The van der Waals surface area contributed by atoms with Gasteiger partial charge < -0.3 is 20.5 Å². The maximum Gasteiger partial charge on any atom is 0.291 e. The lowest BCUT2D eigenvalue weighted by molar-refractivity contribution is -0.734. The monoisotopic (exact) mass is 425 g/mol. The Morgan fingerprint density at radius 3 is 2.65 bits per heavy atom. The van der Waals surface area contributed by atoms with Gasteiger partial charge in [-0.1, -0.05) is 30.9 Å². The van der Waals surface area contributed by atoms with E-state index < -0.39 is 29.4 Å². The number of aryl methyl sites for hydroxylation is 1. The predicted molar refractivity (Wildman–Crippen MR) is 107 cm³/mol. The zero-order valence-electron chi connectivity index (χ0n) is 17.6. The van der Waals surface area contributed by atoms with Gasteiger partial charge in [-0.05, 0) is 38.3 Å². The van der Waals surface area contributed by atoms with Gasteiger partial charge in [0.05, 0.1) is 5.69 Å². The number of rotatable bonds is 4. The number of anilines is 1. The van der Waals surface area contributed by atoms with Crippen molar-refractivity contribution in [1.29, 1.82) is 0 Å². The molecule has 0 radical (unpaired) electrons. The van der Waals surface area contributed by atoms with E-state index in [0.717, 1.165) is 43.2 Å². The van der Waals surface area contributed by atoms with Gasteiger partial charge in [-0.15, -0.1) is 0 Å². The molecule has 8 heteroatoms. The maximum atomic E-state index is 13.8. The summed E-state index contributed by atoms with van der Waals surface area (Å²) >= 11 is 0. The van der Waals surface area contributed by atoms with Crippen molar-refractivity contribution in [2.24, 2.45) is 11.8 Å². The van der Waals surface area contributed by atoms with E-state index in [1.165, 1.54) is 4.90 Å². The molecule has 4 aliphatic rings. The molecular weight excluding hydrogens is 398 g/mol. The minimum atomic E-state index is -1.24. The molecule has 2 saturated heterocycles. The van der Waals surface area contributed by atoms with E-state index in [9.17, 15) is 24.3 Å². The Labute approximate surface area is 180 Å². The Morgan fingerprint density at radius 1 is 1.19 bits per heavy atom. The van der Waals surface area contributed by atoms with Crippen LogP contribution in [0.15, 0.2) is 18.2 Å². The average molecular weight is 425 g/mol. The molecule has 1 saturated carbocycles. The number of nitrogens with one attached hydrogen (secondary N) is 1. The molecular formula is C23H27N3O5. The Balaban J connectivity index is 1.60. The fourth-order valence-electron chi connectivity index (χ4n) is 6.35. The number of imide groups is 1. The summed E-state index contributed by atoms with van der Waals surface area (Å²) in [6.45, 7) is 1.92. The van der Waals surface area contributed by atoms with Crippen LogP contribution in [0.2, 0.25) is 0 Å². The van der Waals surface area contributed by atoms with E-state index in [4.69, 9.17) is 0 Å². The van der Waals surface area contributed by atoms with Gasteiger partial charge >= 0.3 is 0 Å². The number of likely N-dealkylation sites (tertiary alicyclic amines) is 1. The van der Waals surface area contributed by atoms with Crippen LogP contribution in [0.25, 0.3) is 0 Å². The molecule has 164 valence electrons. The highest BCUT2D eigenvalue weighted by Crippen LogP contribution is 2.50. The number of hydrogen-bond acceptors (Lipinski definition) is 5. The standard InChI is InChI=1S/C23H27N3O5/c1-12-7-8-15-14(11-12)23(22(31)24-15)19-18(16(25-23)9-10-17(27)28)20(29)26(21(19)30)13-5-3-2-4-6-13/h7-8,11,13,16,18-19,25H,2-6,9-10H2,1H3,(H,24,31)(H,27,28)/t16-,18+,19-,23-/m0/s1. The Morgan fingerprint density at radius 2 is 1.94 bits per heavy atom. The summed E-state index contributed by atoms with van der Waals surface area (Å²) in [5, 5.41) is 15.9. The van der Waals surface area contributed by atoms with E-state index in [1.807, 2.05) is 25.1 Å². The van der Waals surface area contributed by atoms with Crippen molar-refractivity contribution in [3.05, 3.63) is 29.3 Å². The number of benzene rings is 1. The molecule has 1 aliphatic carbocycles. The predicted octanol–water partition coefficient (Wildman–Crippen LogP) is -0.448. The summed E-state index contributed by atoms with van der Waals surface area (Å²) in [6.07, 6.45) is 4.60. The molecule has 8 nitrogen and oxygen atoms in total. The molecule has 0 unspecified atom stereocenters. The maximum absolute atomic E-state index is 13.8. The van der Waals surface area contributed by atoms with Gasteiger partial charge in [0, 0.05) is 24.0 Å². The number of hydrogen-bond donors (Lipinski definition) is 2. The van der Waals surface area contributed by atoms with Crippen LogP contribution in [0, 0.1) is 18.8 Å². The Kier molecular flexibility index (Phi) is 4.66. The molecule has 1 spiro atoms. The Bertz CT molecular complexity index is 985. The largest absolute Gasteiger partial charge is 0.550 e. The van der Waals surface area contributed by atoms with Crippen LogP contribution < -0.4 is 15.7 Å². The number of amides is 3. The number of carbonyl (C=O) groups excluding carboxylic acids is 4. The van der Waals surface area contributed by atoms with Crippen molar-refractivity contribution in [3.8, 4) is 0 Å². The quantitative estimate of drug-likeness (QED) is 0.633. The second-order valence-corrected chi connectivity index (χ2v) is 9.46. The highest BCUT2D eigenvalue weighted by atomic mass is 16.4. The second-order valence-electron chi connectivity index (χ2n) is 9.46. The fraction of sp³-hybridized carbons (Fsp3) is 0.565. The molecule has 1 aromatic rings. The minimum absolute atomic E-state index is 0.125.